The van der Waals surface area contributed by atoms with Crippen molar-refractivity contribution in [3.05, 3.63) is 41.5 Å². The lowest BCUT2D eigenvalue weighted by atomic mass is 9.66. The summed E-state index contributed by atoms with van der Waals surface area (Å²) in [6, 6.07) is 8.67. The molecule has 1 saturated carbocycles. The molecule has 1 aliphatic carbocycles. The molecule has 5 aliphatic heterocycles. The molecule has 134 valence electrons. The number of rotatable bonds is 1. The monoisotopic (exact) mass is 350 g/mol. The molecule has 8 atom stereocenters. The Labute approximate surface area is 152 Å². The van der Waals surface area contributed by atoms with Crippen molar-refractivity contribution < 1.29 is 14.6 Å². The number of carbonyl (C=O) groups is 1. The number of hydrogen-bond acceptors (Lipinski definition) is 5. The van der Waals surface area contributed by atoms with Crippen LogP contribution in [0.2, 0.25) is 0 Å². The number of nitrogens with zero attached hydrogens (tertiary/aromatic N) is 2. The molecule has 5 bridgehead atoms. The highest BCUT2D eigenvalue weighted by molar-refractivity contribution is 6.08. The van der Waals surface area contributed by atoms with Crippen LogP contribution in [0.15, 0.2) is 40.9 Å². The van der Waals surface area contributed by atoms with Crippen LogP contribution in [-0.2, 0) is 14.9 Å². The van der Waals surface area contributed by atoms with Gasteiger partial charge in [-0.3, -0.25) is 14.7 Å². The molecule has 0 aromatic heterocycles. The van der Waals surface area contributed by atoms with E-state index in [1.54, 1.807) is 0 Å². The summed E-state index contributed by atoms with van der Waals surface area (Å²) in [7, 11) is 0. The summed E-state index contributed by atoms with van der Waals surface area (Å²) in [5.74, 6) is 0.264. The number of allylic oxidation sites excluding steroid dienone is 1. The first kappa shape index (κ1) is 15.1. The minimum absolute atomic E-state index is 0.140. The average Bonchev–Trinajstić information content (AvgIpc) is 3.08. The maximum absolute atomic E-state index is 12.0. The Hall–Kier alpha value is -1.98. The highest BCUT2D eigenvalue weighted by Gasteiger charge is 2.74. The zero-order valence-corrected chi connectivity index (χ0v) is 14.9. The quantitative estimate of drug-likeness (QED) is 0.624. The van der Waals surface area contributed by atoms with E-state index in [0.29, 0.717) is 0 Å². The van der Waals surface area contributed by atoms with Gasteiger partial charge in [0.1, 0.15) is 12.3 Å². The Morgan fingerprint density at radius 3 is 3.00 bits per heavy atom. The molecular weight excluding hydrogens is 328 g/mol. The van der Waals surface area contributed by atoms with Crippen molar-refractivity contribution in [3.8, 4) is 0 Å². The summed E-state index contributed by atoms with van der Waals surface area (Å²) in [4.78, 5) is 19.3. The largest absolute Gasteiger partial charge is 0.461 e. The number of ether oxygens (including phenoxy) is 1. The molecule has 0 amide bonds. The third-order valence-corrected chi connectivity index (χ3v) is 7.53. The molecule has 5 fully saturated rings. The first-order valence-electron chi connectivity index (χ1n) is 9.55. The number of aliphatic hydroxyl groups excluding tert-OH is 1. The fourth-order valence-corrected chi connectivity index (χ4v) is 6.90. The van der Waals surface area contributed by atoms with Crippen molar-refractivity contribution in [2.75, 3.05) is 0 Å². The number of carbonyl (C=O) groups excluding carboxylic acids is 1. The van der Waals surface area contributed by atoms with E-state index in [9.17, 15) is 9.90 Å². The molecule has 1 N–H and O–H groups in total. The van der Waals surface area contributed by atoms with Crippen LogP contribution < -0.4 is 0 Å². The van der Waals surface area contributed by atoms with Crippen molar-refractivity contribution in [3.63, 3.8) is 0 Å². The molecule has 1 spiro atoms. The minimum atomic E-state index is -0.537. The number of fused-ring (bicyclic) bond motifs is 2. The first-order chi connectivity index (χ1) is 12.6. The maximum Gasteiger partial charge on any atom is 0.302 e. The van der Waals surface area contributed by atoms with E-state index in [1.807, 2.05) is 13.0 Å². The summed E-state index contributed by atoms with van der Waals surface area (Å²) < 4.78 is 6.04. The Kier molecular flexibility index (Phi) is 2.70. The summed E-state index contributed by atoms with van der Waals surface area (Å²) in [5.41, 5.74) is 4.10. The zero-order valence-electron chi connectivity index (χ0n) is 14.9. The van der Waals surface area contributed by atoms with E-state index in [-0.39, 0.29) is 41.4 Å². The lowest BCUT2D eigenvalue weighted by molar-refractivity contribution is -0.156. The molecule has 5 nitrogen and oxygen atoms in total. The minimum Gasteiger partial charge on any atom is -0.461 e. The normalized spacial score (nSPS) is 47.7. The Morgan fingerprint density at radius 2 is 2.23 bits per heavy atom. The highest BCUT2D eigenvalue weighted by atomic mass is 16.5. The van der Waals surface area contributed by atoms with Crippen LogP contribution in [0.5, 0.6) is 0 Å². The van der Waals surface area contributed by atoms with Crippen LogP contribution in [0.25, 0.3) is 0 Å². The number of aliphatic imine (C=N–C) groups is 1. The summed E-state index contributed by atoms with van der Waals surface area (Å²) in [6.45, 7) is 3.51. The molecule has 6 aliphatic rings. The maximum atomic E-state index is 12.0. The lowest BCUT2D eigenvalue weighted by Gasteiger charge is -2.58. The molecular formula is C21H22N2O3. The van der Waals surface area contributed by atoms with Crippen LogP contribution in [0, 0.1) is 11.8 Å². The number of hydrogen-bond donors (Lipinski definition) is 1. The summed E-state index contributed by atoms with van der Waals surface area (Å²) in [6.07, 6.45) is 3.17. The molecule has 7 rings (SSSR count). The molecule has 0 radical (unpaired) electrons. The highest BCUT2D eigenvalue weighted by Crippen LogP contribution is 2.67. The van der Waals surface area contributed by atoms with Gasteiger partial charge in [0.05, 0.1) is 22.9 Å². The number of benzene rings is 1. The smallest absolute Gasteiger partial charge is 0.302 e. The van der Waals surface area contributed by atoms with Gasteiger partial charge in [0, 0.05) is 18.9 Å². The predicted octanol–water partition coefficient (Wildman–Crippen LogP) is 2.31. The third-order valence-electron chi connectivity index (χ3n) is 7.53. The Bertz CT molecular complexity index is 906. The van der Waals surface area contributed by atoms with Crippen LogP contribution in [0.3, 0.4) is 0 Å². The molecule has 5 heteroatoms. The van der Waals surface area contributed by atoms with E-state index < -0.39 is 6.23 Å². The van der Waals surface area contributed by atoms with Crippen LogP contribution in [-0.4, -0.2) is 46.1 Å². The van der Waals surface area contributed by atoms with E-state index >= 15 is 0 Å². The lowest BCUT2D eigenvalue weighted by Crippen LogP contribution is -2.68. The predicted molar refractivity (Wildman–Crippen MR) is 96.2 cm³/mol. The van der Waals surface area contributed by atoms with Crippen molar-refractivity contribution in [2.24, 2.45) is 16.8 Å². The summed E-state index contributed by atoms with van der Waals surface area (Å²) >= 11 is 0. The van der Waals surface area contributed by atoms with Gasteiger partial charge in [-0.25, -0.2) is 0 Å². The Balaban J connectivity index is 1.62. The van der Waals surface area contributed by atoms with Crippen molar-refractivity contribution in [1.29, 1.82) is 0 Å². The molecule has 1 aromatic rings. The summed E-state index contributed by atoms with van der Waals surface area (Å²) in [5, 5.41) is 11.0. The molecule has 4 saturated heterocycles. The van der Waals surface area contributed by atoms with Gasteiger partial charge in [0.2, 0.25) is 0 Å². The molecule has 5 heterocycles. The van der Waals surface area contributed by atoms with Crippen molar-refractivity contribution in [2.45, 2.75) is 56.5 Å². The van der Waals surface area contributed by atoms with Crippen molar-refractivity contribution >= 4 is 17.4 Å². The van der Waals surface area contributed by atoms with E-state index in [0.717, 1.165) is 29.8 Å². The van der Waals surface area contributed by atoms with Crippen molar-refractivity contribution in [1.82, 2.24) is 4.90 Å². The second-order valence-electron chi connectivity index (χ2n) is 8.33. The van der Waals surface area contributed by atoms with Crippen LogP contribution in [0.4, 0.5) is 5.69 Å². The zero-order chi connectivity index (χ0) is 17.8. The van der Waals surface area contributed by atoms with Gasteiger partial charge in [-0.15, -0.1) is 0 Å². The number of esters is 1. The van der Waals surface area contributed by atoms with Gasteiger partial charge in [-0.05, 0) is 42.9 Å². The topological polar surface area (TPSA) is 62.1 Å². The molecule has 1 aromatic carbocycles. The number of aliphatic hydroxyl groups is 1. The fourth-order valence-electron chi connectivity index (χ4n) is 6.90. The van der Waals surface area contributed by atoms with E-state index in [4.69, 9.17) is 9.73 Å². The van der Waals surface area contributed by atoms with Gasteiger partial charge < -0.3 is 9.84 Å². The second-order valence-corrected chi connectivity index (χ2v) is 8.33. The van der Waals surface area contributed by atoms with Gasteiger partial charge in [0.25, 0.3) is 0 Å². The van der Waals surface area contributed by atoms with Crippen LogP contribution >= 0.6 is 0 Å². The third kappa shape index (κ3) is 1.45. The van der Waals surface area contributed by atoms with Gasteiger partial charge >= 0.3 is 5.97 Å². The first-order valence-corrected chi connectivity index (χ1v) is 9.55. The standard InChI is InChI=1S/C21H22N2O3/c1-3-11-12-8-15-18-21(13-6-4-5-7-14(13)22-18)9-16(23(15)20(11)25)17(12)19(21)26-10(2)24/h3-7,12,15-17,19-20,25H,8-9H2,1-2H3/b11-3+/t12-,15+,16+,17?,19-,20+,21?/m1/s1. The van der Waals surface area contributed by atoms with E-state index in [1.165, 1.54) is 12.5 Å². The van der Waals surface area contributed by atoms with Gasteiger partial charge in [-0.2, -0.15) is 0 Å². The molecule has 26 heavy (non-hydrogen) atoms. The SMILES string of the molecule is C/C=C1\[C@H]2C[C@H]3C4=Nc5ccccc5C45C[C@@H](C2[C@H]5OC(C)=O)N3[C@H]1O. The number of para-hydroxylation sites is 1. The fraction of sp³-hybridized carbons (Fsp3) is 0.524. The van der Waals surface area contributed by atoms with Gasteiger partial charge in [0.15, 0.2) is 0 Å². The van der Waals surface area contributed by atoms with Gasteiger partial charge in [-0.1, -0.05) is 24.3 Å². The molecule has 3 unspecified atom stereocenters. The Morgan fingerprint density at radius 1 is 1.42 bits per heavy atom. The number of piperidine rings is 4. The average molecular weight is 350 g/mol. The van der Waals surface area contributed by atoms with Crippen LogP contribution in [0.1, 0.15) is 32.3 Å². The van der Waals surface area contributed by atoms with E-state index in [2.05, 4.69) is 29.2 Å². The second kappa shape index (κ2) is 4.65.